The molecule has 0 atom stereocenters. The van der Waals surface area contributed by atoms with E-state index in [1.54, 1.807) is 0 Å². The second-order valence-corrected chi connectivity index (χ2v) is 8.08. The molecule has 3 rings (SSSR count). The highest BCUT2D eigenvalue weighted by atomic mass is 32.1. The molecule has 0 spiro atoms. The first kappa shape index (κ1) is 15.2. The SMILES string of the molecule is Cc1nc(C(=O)C2CCC2)sc1B1OC(C)(C)C(C)(C)O1. The molecule has 1 saturated heterocycles. The zero-order chi connectivity index (χ0) is 15.4. The molecular formula is C15H22BNO3S. The molecule has 0 amide bonds. The Labute approximate surface area is 130 Å². The van der Waals surface area contributed by atoms with Crippen molar-refractivity contribution >= 4 is 29.0 Å². The summed E-state index contributed by atoms with van der Waals surface area (Å²) < 4.78 is 13.1. The van der Waals surface area contributed by atoms with E-state index in [1.165, 1.54) is 11.3 Å². The van der Waals surface area contributed by atoms with Gasteiger partial charge in [0.2, 0.25) is 0 Å². The third-order valence-corrected chi connectivity index (χ3v) is 6.18. The molecule has 2 aliphatic rings. The lowest BCUT2D eigenvalue weighted by Crippen LogP contribution is -2.41. The van der Waals surface area contributed by atoms with Crippen molar-refractivity contribution in [3.8, 4) is 0 Å². The fraction of sp³-hybridized carbons (Fsp3) is 0.733. The molecule has 1 aromatic rings. The zero-order valence-corrected chi connectivity index (χ0v) is 14.2. The summed E-state index contributed by atoms with van der Waals surface area (Å²) in [7, 11) is -0.421. The Morgan fingerprint density at radius 1 is 1.24 bits per heavy atom. The molecule has 0 aromatic carbocycles. The van der Waals surface area contributed by atoms with Crippen molar-refractivity contribution in [2.75, 3.05) is 0 Å². The van der Waals surface area contributed by atoms with E-state index < -0.39 is 7.12 Å². The Balaban J connectivity index is 1.84. The maximum Gasteiger partial charge on any atom is 0.507 e. The van der Waals surface area contributed by atoms with Crippen LogP contribution in [0.4, 0.5) is 0 Å². The Hall–Kier alpha value is -0.715. The van der Waals surface area contributed by atoms with Crippen molar-refractivity contribution in [3.63, 3.8) is 0 Å². The van der Waals surface area contributed by atoms with Crippen molar-refractivity contribution in [3.05, 3.63) is 10.7 Å². The molecule has 0 unspecified atom stereocenters. The summed E-state index contributed by atoms with van der Waals surface area (Å²) >= 11 is 1.43. The van der Waals surface area contributed by atoms with Crippen molar-refractivity contribution in [2.24, 2.45) is 5.92 Å². The lowest BCUT2D eigenvalue weighted by molar-refractivity contribution is 0.00578. The number of aromatic nitrogens is 1. The van der Waals surface area contributed by atoms with E-state index in [1.807, 2.05) is 34.6 Å². The molecule has 1 aromatic heterocycles. The molecule has 2 fully saturated rings. The molecule has 21 heavy (non-hydrogen) atoms. The summed E-state index contributed by atoms with van der Waals surface area (Å²) in [5, 5.41) is 0.613. The monoisotopic (exact) mass is 307 g/mol. The Bertz CT molecular complexity index is 561. The maximum absolute atomic E-state index is 12.3. The van der Waals surface area contributed by atoms with Gasteiger partial charge in [0.15, 0.2) is 10.8 Å². The van der Waals surface area contributed by atoms with Crippen LogP contribution in [0.1, 0.15) is 62.5 Å². The van der Waals surface area contributed by atoms with Crippen molar-refractivity contribution in [1.29, 1.82) is 0 Å². The van der Waals surface area contributed by atoms with Crippen LogP contribution in [0.5, 0.6) is 0 Å². The summed E-state index contributed by atoms with van der Waals surface area (Å²) in [4.78, 5) is 16.8. The molecule has 4 nitrogen and oxygen atoms in total. The average Bonchev–Trinajstić information content (AvgIpc) is 2.75. The van der Waals surface area contributed by atoms with Crippen molar-refractivity contribution in [1.82, 2.24) is 4.98 Å². The fourth-order valence-corrected chi connectivity index (χ4v) is 3.57. The summed E-state index contributed by atoms with van der Waals surface area (Å²) in [6, 6.07) is 0. The second-order valence-electron chi connectivity index (χ2n) is 7.05. The highest BCUT2D eigenvalue weighted by Crippen LogP contribution is 2.37. The summed E-state index contributed by atoms with van der Waals surface area (Å²) in [5.41, 5.74) is 0.111. The quantitative estimate of drug-likeness (QED) is 0.636. The molecule has 114 valence electrons. The van der Waals surface area contributed by atoms with Crippen LogP contribution < -0.4 is 4.78 Å². The predicted molar refractivity (Wildman–Crippen MR) is 84.2 cm³/mol. The molecular weight excluding hydrogens is 285 g/mol. The standard InChI is InChI=1S/C15H22BNO3S/c1-9-12(16-19-14(2,3)15(4,5)20-16)21-13(17-9)11(18)10-7-6-8-10/h10H,6-8H2,1-5H3. The van der Waals surface area contributed by atoms with E-state index in [4.69, 9.17) is 9.31 Å². The van der Waals surface area contributed by atoms with Crippen LogP contribution in [-0.4, -0.2) is 29.1 Å². The smallest absolute Gasteiger partial charge is 0.399 e. The number of thiazole rings is 1. The van der Waals surface area contributed by atoms with Crippen LogP contribution in [0, 0.1) is 12.8 Å². The first-order valence-corrected chi connectivity index (χ1v) is 8.40. The number of hydrogen-bond acceptors (Lipinski definition) is 5. The minimum atomic E-state index is -0.421. The third kappa shape index (κ3) is 2.47. The second kappa shape index (κ2) is 4.90. The number of Topliss-reactive ketones (excluding diaryl/α,β-unsaturated/α-hetero) is 1. The molecule has 1 aliphatic heterocycles. The molecule has 6 heteroatoms. The predicted octanol–water partition coefficient (Wildman–Crippen LogP) is 2.73. The number of nitrogens with zero attached hydrogens (tertiary/aromatic N) is 1. The Kier molecular flexibility index (Phi) is 3.54. The van der Waals surface area contributed by atoms with Crippen LogP contribution in [0.25, 0.3) is 0 Å². The van der Waals surface area contributed by atoms with Gasteiger partial charge < -0.3 is 9.31 Å². The summed E-state index contributed by atoms with van der Waals surface area (Å²) in [5.74, 6) is 0.374. The van der Waals surface area contributed by atoms with Gasteiger partial charge in [-0.1, -0.05) is 6.42 Å². The van der Waals surface area contributed by atoms with Gasteiger partial charge in [0.25, 0.3) is 0 Å². The molecule has 2 heterocycles. The minimum absolute atomic E-state index is 0.182. The van der Waals surface area contributed by atoms with Crippen LogP contribution >= 0.6 is 11.3 Å². The average molecular weight is 307 g/mol. The van der Waals surface area contributed by atoms with Gasteiger partial charge in [-0.3, -0.25) is 4.79 Å². The first-order valence-electron chi connectivity index (χ1n) is 7.58. The van der Waals surface area contributed by atoms with Gasteiger partial charge in [0.1, 0.15) is 0 Å². The topological polar surface area (TPSA) is 48.4 Å². The largest absolute Gasteiger partial charge is 0.507 e. The van der Waals surface area contributed by atoms with Gasteiger partial charge in [-0.15, -0.1) is 11.3 Å². The van der Waals surface area contributed by atoms with E-state index in [0.29, 0.717) is 5.01 Å². The van der Waals surface area contributed by atoms with Gasteiger partial charge in [-0.05, 0) is 47.5 Å². The van der Waals surface area contributed by atoms with Crippen LogP contribution in [0.15, 0.2) is 0 Å². The van der Waals surface area contributed by atoms with Gasteiger partial charge in [0, 0.05) is 11.6 Å². The molecule has 1 aliphatic carbocycles. The Morgan fingerprint density at radius 3 is 2.29 bits per heavy atom. The van der Waals surface area contributed by atoms with Gasteiger partial charge in [-0.2, -0.15) is 0 Å². The van der Waals surface area contributed by atoms with Crippen LogP contribution in [0.2, 0.25) is 0 Å². The van der Waals surface area contributed by atoms with Gasteiger partial charge in [0.05, 0.1) is 16.0 Å². The van der Waals surface area contributed by atoms with E-state index >= 15 is 0 Å². The zero-order valence-electron chi connectivity index (χ0n) is 13.4. The highest BCUT2D eigenvalue weighted by Gasteiger charge is 2.53. The molecule has 0 bridgehead atoms. The number of carbonyl (C=O) groups is 1. The van der Waals surface area contributed by atoms with Crippen molar-refractivity contribution < 1.29 is 14.1 Å². The van der Waals surface area contributed by atoms with E-state index in [-0.39, 0.29) is 22.9 Å². The lowest BCUT2D eigenvalue weighted by Gasteiger charge is -2.32. The summed E-state index contributed by atoms with van der Waals surface area (Å²) in [6.07, 6.45) is 3.16. The fourth-order valence-electron chi connectivity index (χ4n) is 2.53. The molecule has 1 saturated carbocycles. The molecule has 0 N–H and O–H groups in total. The normalized spacial score (nSPS) is 24.1. The van der Waals surface area contributed by atoms with E-state index in [2.05, 4.69) is 4.98 Å². The number of carbonyl (C=O) groups excluding carboxylic acids is 1. The first-order chi connectivity index (χ1) is 9.71. The number of aryl methyl sites for hydroxylation is 1. The number of ketones is 1. The Morgan fingerprint density at radius 2 is 1.81 bits per heavy atom. The highest BCUT2D eigenvalue weighted by molar-refractivity contribution is 7.23. The minimum Gasteiger partial charge on any atom is -0.399 e. The summed E-state index contributed by atoms with van der Waals surface area (Å²) in [6.45, 7) is 10.1. The van der Waals surface area contributed by atoms with E-state index in [9.17, 15) is 4.79 Å². The number of rotatable bonds is 3. The molecule has 0 radical (unpaired) electrons. The van der Waals surface area contributed by atoms with Gasteiger partial charge in [-0.25, -0.2) is 4.98 Å². The van der Waals surface area contributed by atoms with E-state index in [0.717, 1.165) is 29.7 Å². The van der Waals surface area contributed by atoms with Crippen LogP contribution in [0.3, 0.4) is 0 Å². The maximum atomic E-state index is 12.3. The van der Waals surface area contributed by atoms with Gasteiger partial charge >= 0.3 is 7.12 Å². The number of hydrogen-bond donors (Lipinski definition) is 0. The van der Waals surface area contributed by atoms with Crippen LogP contribution in [-0.2, 0) is 9.31 Å². The van der Waals surface area contributed by atoms with Crippen molar-refractivity contribution in [2.45, 2.75) is 65.1 Å². The lowest BCUT2D eigenvalue weighted by atomic mass is 9.82. The third-order valence-electron chi connectivity index (χ3n) is 4.99.